The van der Waals surface area contributed by atoms with E-state index < -0.39 is 16.0 Å². The minimum Gasteiger partial charge on any atom is -0.465 e. The van der Waals surface area contributed by atoms with Gasteiger partial charge in [0.15, 0.2) is 5.78 Å². The summed E-state index contributed by atoms with van der Waals surface area (Å²) in [7, 11) is 0. The first-order chi connectivity index (χ1) is 13.6. The van der Waals surface area contributed by atoms with E-state index >= 15 is 0 Å². The van der Waals surface area contributed by atoms with Crippen molar-refractivity contribution >= 4 is 35.3 Å². The van der Waals surface area contributed by atoms with Gasteiger partial charge in [0.2, 0.25) is 0 Å². The predicted octanol–water partition coefficient (Wildman–Crippen LogP) is 4.18. The summed E-state index contributed by atoms with van der Waals surface area (Å²) in [4.78, 5) is 26.5. The molecule has 0 bridgehead atoms. The lowest BCUT2D eigenvalue weighted by Gasteiger charge is -2.35. The molecule has 1 aliphatic heterocycles. The number of ketones is 1. The monoisotopic (exact) mass is 415 g/mol. The van der Waals surface area contributed by atoms with Gasteiger partial charge in [-0.25, -0.2) is 0 Å². The first kappa shape index (κ1) is 21.0. The molecule has 1 aliphatic rings. The maximum absolute atomic E-state index is 13.7. The van der Waals surface area contributed by atoms with Crippen molar-refractivity contribution in [2.45, 2.75) is 23.1 Å². The van der Waals surface area contributed by atoms with Crippen LogP contribution in [0.15, 0.2) is 60.7 Å². The van der Waals surface area contributed by atoms with Crippen molar-refractivity contribution in [3.63, 3.8) is 0 Å². The summed E-state index contributed by atoms with van der Waals surface area (Å²) < 4.78 is 4.70. The first-order valence-corrected chi connectivity index (χ1v) is 11.7. The van der Waals surface area contributed by atoms with E-state index in [1.165, 1.54) is 0 Å². The van der Waals surface area contributed by atoms with Gasteiger partial charge in [0.05, 0.1) is 16.6 Å². The van der Waals surface area contributed by atoms with Gasteiger partial charge < -0.3 is 4.74 Å². The van der Waals surface area contributed by atoms with Crippen LogP contribution in [0, 0.1) is 5.92 Å². The molecular weight excluding hydrogens is 390 g/mol. The molecular formula is C22H25NO3S2. The quantitative estimate of drug-likeness (QED) is 0.416. The summed E-state index contributed by atoms with van der Waals surface area (Å²) >= 11 is 3.10. The van der Waals surface area contributed by atoms with E-state index in [2.05, 4.69) is 5.32 Å². The van der Waals surface area contributed by atoms with Gasteiger partial charge in [0.25, 0.3) is 0 Å². The standard InChI is InChI=1S/C22H25NO3S2/c1-4-26-21(25)20-22(27-2,28-3)17(19(24)16-13-9-6-10-14-16)18(23-20)15-11-7-5-8-12-15/h5-14,17-18,20,23H,4H2,1-3H3/t17-,18-,20+/m0/s1. The summed E-state index contributed by atoms with van der Waals surface area (Å²) in [5.74, 6) is -0.690. The van der Waals surface area contributed by atoms with Gasteiger partial charge in [-0.1, -0.05) is 60.7 Å². The van der Waals surface area contributed by atoms with Crippen molar-refractivity contribution < 1.29 is 14.3 Å². The van der Waals surface area contributed by atoms with Crippen LogP contribution in [0.2, 0.25) is 0 Å². The third-order valence-corrected chi connectivity index (χ3v) is 8.43. The largest absolute Gasteiger partial charge is 0.465 e. The van der Waals surface area contributed by atoms with Gasteiger partial charge in [-0.3, -0.25) is 14.9 Å². The lowest BCUT2D eigenvalue weighted by molar-refractivity contribution is -0.145. The van der Waals surface area contributed by atoms with Crippen LogP contribution in [0.4, 0.5) is 0 Å². The van der Waals surface area contributed by atoms with E-state index in [-0.39, 0.29) is 17.8 Å². The molecule has 0 amide bonds. The van der Waals surface area contributed by atoms with Gasteiger partial charge in [-0.2, -0.15) is 0 Å². The molecule has 1 fully saturated rings. The summed E-state index contributed by atoms with van der Waals surface area (Å²) in [6.45, 7) is 2.11. The highest BCUT2D eigenvalue weighted by Crippen LogP contribution is 2.54. The molecule has 28 heavy (non-hydrogen) atoms. The van der Waals surface area contributed by atoms with Gasteiger partial charge in [0, 0.05) is 11.6 Å². The Morgan fingerprint density at radius 2 is 1.57 bits per heavy atom. The van der Waals surface area contributed by atoms with Crippen LogP contribution >= 0.6 is 23.5 Å². The smallest absolute Gasteiger partial charge is 0.325 e. The molecule has 0 aliphatic carbocycles. The zero-order valence-corrected chi connectivity index (χ0v) is 17.9. The van der Waals surface area contributed by atoms with Gasteiger partial charge in [-0.05, 0) is 25.0 Å². The lowest BCUT2D eigenvalue weighted by atomic mass is 9.86. The average molecular weight is 416 g/mol. The number of Topliss-reactive ketones (excluding diaryl/α,β-unsaturated/α-hetero) is 1. The van der Waals surface area contributed by atoms with E-state index in [4.69, 9.17) is 4.74 Å². The molecule has 0 unspecified atom stereocenters. The number of benzene rings is 2. The number of nitrogens with one attached hydrogen (secondary N) is 1. The molecule has 0 aromatic heterocycles. The van der Waals surface area contributed by atoms with Crippen molar-refractivity contribution in [1.29, 1.82) is 0 Å². The third-order valence-electron chi connectivity index (χ3n) is 5.18. The second kappa shape index (κ2) is 9.16. The highest BCUT2D eigenvalue weighted by Gasteiger charge is 2.60. The Bertz CT molecular complexity index is 809. The minimum absolute atomic E-state index is 0.0393. The van der Waals surface area contributed by atoms with Gasteiger partial charge in [-0.15, -0.1) is 23.5 Å². The fourth-order valence-electron chi connectivity index (χ4n) is 3.90. The van der Waals surface area contributed by atoms with Crippen LogP contribution in [-0.4, -0.2) is 41.0 Å². The topological polar surface area (TPSA) is 55.4 Å². The molecule has 0 radical (unpaired) electrons. The van der Waals surface area contributed by atoms with Crippen molar-refractivity contribution in [1.82, 2.24) is 5.32 Å². The van der Waals surface area contributed by atoms with Crippen molar-refractivity contribution in [2.24, 2.45) is 5.92 Å². The Morgan fingerprint density at radius 3 is 2.11 bits per heavy atom. The maximum Gasteiger partial charge on any atom is 0.325 e. The van der Waals surface area contributed by atoms with E-state index in [9.17, 15) is 9.59 Å². The van der Waals surface area contributed by atoms with Crippen LogP contribution in [-0.2, 0) is 9.53 Å². The predicted molar refractivity (Wildman–Crippen MR) is 117 cm³/mol. The summed E-state index contributed by atoms with van der Waals surface area (Å²) in [6.07, 6.45) is 3.92. The highest BCUT2D eigenvalue weighted by atomic mass is 32.2. The number of rotatable bonds is 7. The number of hydrogen-bond donors (Lipinski definition) is 1. The fraction of sp³-hybridized carbons (Fsp3) is 0.364. The van der Waals surface area contributed by atoms with Crippen LogP contribution in [0.5, 0.6) is 0 Å². The second-order valence-corrected chi connectivity index (χ2v) is 9.00. The van der Waals surface area contributed by atoms with Crippen molar-refractivity contribution in [3.8, 4) is 0 Å². The zero-order valence-electron chi connectivity index (χ0n) is 16.3. The molecule has 1 saturated heterocycles. The molecule has 0 spiro atoms. The third kappa shape index (κ3) is 3.73. The molecule has 0 saturated carbocycles. The van der Waals surface area contributed by atoms with Gasteiger partial charge in [0.1, 0.15) is 6.04 Å². The normalized spacial score (nSPS) is 23.3. The highest BCUT2D eigenvalue weighted by molar-refractivity contribution is 8.17. The Kier molecular flexibility index (Phi) is 6.86. The Hall–Kier alpha value is -1.76. The minimum atomic E-state index is -0.667. The number of carbonyl (C=O) groups excluding carboxylic acids is 2. The number of esters is 1. The van der Waals surface area contributed by atoms with Crippen LogP contribution in [0.3, 0.4) is 0 Å². The van der Waals surface area contributed by atoms with Crippen molar-refractivity contribution in [2.75, 3.05) is 19.1 Å². The average Bonchev–Trinajstić information content (AvgIpc) is 3.10. The maximum atomic E-state index is 13.7. The van der Waals surface area contributed by atoms with E-state index in [0.29, 0.717) is 12.2 Å². The van der Waals surface area contributed by atoms with Crippen LogP contribution in [0.25, 0.3) is 0 Å². The molecule has 2 aromatic carbocycles. The SMILES string of the molecule is CCOC(=O)[C@H]1N[C@@H](c2ccccc2)[C@@H](C(=O)c2ccccc2)C1(SC)SC. The number of thioether (sulfide) groups is 2. The van der Waals surface area contributed by atoms with E-state index in [0.717, 1.165) is 5.56 Å². The lowest BCUT2D eigenvalue weighted by Crippen LogP contribution is -2.48. The zero-order chi connectivity index (χ0) is 20.1. The Labute approximate surface area is 174 Å². The number of hydrogen-bond acceptors (Lipinski definition) is 6. The van der Waals surface area contributed by atoms with Crippen LogP contribution in [0.1, 0.15) is 28.9 Å². The van der Waals surface area contributed by atoms with E-state index in [1.807, 2.05) is 73.2 Å². The second-order valence-electron chi connectivity index (χ2n) is 6.58. The Balaban J connectivity index is 2.12. The first-order valence-electron chi connectivity index (χ1n) is 9.26. The molecule has 2 aromatic rings. The number of ether oxygens (including phenoxy) is 1. The molecule has 1 N–H and O–H groups in total. The molecule has 3 atom stereocenters. The molecule has 3 rings (SSSR count). The molecule has 6 heteroatoms. The van der Waals surface area contributed by atoms with E-state index in [1.54, 1.807) is 30.4 Å². The molecule has 1 heterocycles. The summed E-state index contributed by atoms with van der Waals surface area (Å²) in [6, 6.07) is 18.3. The number of carbonyl (C=O) groups is 2. The fourth-order valence-corrected chi connectivity index (χ4v) is 6.36. The Morgan fingerprint density at radius 1 is 1.00 bits per heavy atom. The van der Waals surface area contributed by atoms with Crippen LogP contribution < -0.4 is 5.32 Å². The molecule has 148 valence electrons. The summed E-state index contributed by atoms with van der Waals surface area (Å²) in [5.41, 5.74) is 1.66. The molecule has 4 nitrogen and oxygen atoms in total. The van der Waals surface area contributed by atoms with Crippen molar-refractivity contribution in [3.05, 3.63) is 71.8 Å². The summed E-state index contributed by atoms with van der Waals surface area (Å²) in [5, 5.41) is 3.45. The van der Waals surface area contributed by atoms with Gasteiger partial charge >= 0.3 is 5.97 Å².